The van der Waals surface area contributed by atoms with E-state index >= 15 is 0 Å². The molecule has 0 radical (unpaired) electrons. The quantitative estimate of drug-likeness (QED) is 0.907. The van der Waals surface area contributed by atoms with Gasteiger partial charge in [0.15, 0.2) is 0 Å². The second-order valence-electron chi connectivity index (χ2n) is 6.40. The maximum Gasteiger partial charge on any atom is 0.267 e. The normalized spacial score (nSPS) is 15.8. The third-order valence-electron chi connectivity index (χ3n) is 4.66. The fourth-order valence-electron chi connectivity index (χ4n) is 3.12. The predicted octanol–water partition coefficient (Wildman–Crippen LogP) is 2.54. The molecule has 0 spiro atoms. The number of nitrogens with zero attached hydrogens (tertiary/aromatic N) is 2. The molecule has 1 aliphatic carbocycles. The van der Waals surface area contributed by atoms with Gasteiger partial charge in [-0.3, -0.25) is 9.59 Å². The Hall–Kier alpha value is -2.63. The topological polar surface area (TPSA) is 73.2 Å². The van der Waals surface area contributed by atoms with Gasteiger partial charge in [0.05, 0.1) is 12.8 Å². The molecule has 1 aliphatic rings. The van der Waals surface area contributed by atoms with Crippen LogP contribution in [0.4, 0.5) is 0 Å². The lowest BCUT2D eigenvalue weighted by molar-refractivity contribution is -0.124. The number of aromatic nitrogens is 2. The Morgan fingerprint density at radius 1 is 1.20 bits per heavy atom. The molecule has 1 N–H and O–H groups in total. The Bertz CT molecular complexity index is 792. The van der Waals surface area contributed by atoms with Gasteiger partial charge in [-0.2, -0.15) is 5.10 Å². The van der Waals surface area contributed by atoms with E-state index in [2.05, 4.69) is 10.4 Å². The summed E-state index contributed by atoms with van der Waals surface area (Å²) in [7, 11) is 1.61. The Labute approximate surface area is 146 Å². The molecule has 3 rings (SSSR count). The number of rotatable bonds is 5. The number of methoxy groups -OCH3 is 1. The number of carbonyl (C=O) groups is 1. The van der Waals surface area contributed by atoms with Crippen LogP contribution in [0.1, 0.15) is 38.6 Å². The van der Waals surface area contributed by atoms with Crippen molar-refractivity contribution >= 4 is 5.91 Å². The molecule has 0 unspecified atom stereocenters. The molecule has 0 bridgehead atoms. The van der Waals surface area contributed by atoms with E-state index in [0.717, 1.165) is 37.0 Å². The van der Waals surface area contributed by atoms with Crippen LogP contribution in [-0.2, 0) is 4.79 Å². The molecule has 1 aromatic heterocycles. The van der Waals surface area contributed by atoms with Gasteiger partial charge < -0.3 is 10.1 Å². The third-order valence-corrected chi connectivity index (χ3v) is 4.66. The number of benzene rings is 1. The fourth-order valence-corrected chi connectivity index (χ4v) is 3.12. The number of hydrogen-bond donors (Lipinski definition) is 1. The van der Waals surface area contributed by atoms with Crippen LogP contribution in [0.3, 0.4) is 0 Å². The van der Waals surface area contributed by atoms with Gasteiger partial charge >= 0.3 is 0 Å². The van der Waals surface area contributed by atoms with Crippen LogP contribution in [0, 0.1) is 0 Å². The van der Waals surface area contributed by atoms with Gasteiger partial charge in [0.2, 0.25) is 5.91 Å². The zero-order valence-corrected chi connectivity index (χ0v) is 14.6. The largest absolute Gasteiger partial charge is 0.497 e. The highest BCUT2D eigenvalue weighted by molar-refractivity contribution is 5.80. The Kier molecular flexibility index (Phi) is 5.16. The van der Waals surface area contributed by atoms with Gasteiger partial charge in [0.25, 0.3) is 5.56 Å². The van der Waals surface area contributed by atoms with E-state index < -0.39 is 6.04 Å². The summed E-state index contributed by atoms with van der Waals surface area (Å²) in [5.41, 5.74) is 1.21. The summed E-state index contributed by atoms with van der Waals surface area (Å²) < 4.78 is 6.41. The molecule has 6 nitrogen and oxygen atoms in total. The van der Waals surface area contributed by atoms with Gasteiger partial charge in [-0.1, -0.05) is 12.8 Å². The first kappa shape index (κ1) is 17.2. The molecule has 1 amide bonds. The first-order valence-corrected chi connectivity index (χ1v) is 8.63. The molecule has 0 aliphatic heterocycles. The van der Waals surface area contributed by atoms with E-state index in [-0.39, 0.29) is 17.5 Å². The van der Waals surface area contributed by atoms with Crippen molar-refractivity contribution in [2.24, 2.45) is 0 Å². The first-order chi connectivity index (χ1) is 12.1. The summed E-state index contributed by atoms with van der Waals surface area (Å²) in [6.07, 6.45) is 4.30. The van der Waals surface area contributed by atoms with Gasteiger partial charge in [-0.05, 0) is 50.1 Å². The molecule has 6 heteroatoms. The van der Waals surface area contributed by atoms with Gasteiger partial charge in [0, 0.05) is 17.7 Å². The van der Waals surface area contributed by atoms with E-state index in [4.69, 9.17) is 4.74 Å². The molecular weight excluding hydrogens is 318 g/mol. The highest BCUT2D eigenvalue weighted by atomic mass is 16.5. The lowest BCUT2D eigenvalue weighted by Crippen LogP contribution is -2.40. The molecule has 1 atom stereocenters. The Morgan fingerprint density at radius 2 is 1.88 bits per heavy atom. The fraction of sp³-hybridized carbons (Fsp3) is 0.421. The number of nitrogens with one attached hydrogen (secondary N) is 1. The molecular formula is C19H23N3O3. The summed E-state index contributed by atoms with van der Waals surface area (Å²) >= 11 is 0. The minimum absolute atomic E-state index is 0.159. The number of hydrogen-bond acceptors (Lipinski definition) is 4. The van der Waals surface area contributed by atoms with E-state index in [1.807, 2.05) is 24.3 Å². The zero-order valence-electron chi connectivity index (χ0n) is 14.6. The van der Waals surface area contributed by atoms with Crippen molar-refractivity contribution < 1.29 is 9.53 Å². The van der Waals surface area contributed by atoms with Crippen molar-refractivity contribution in [2.45, 2.75) is 44.7 Å². The third kappa shape index (κ3) is 3.90. The minimum atomic E-state index is -0.647. The van der Waals surface area contributed by atoms with Crippen molar-refractivity contribution in [3.8, 4) is 17.0 Å². The summed E-state index contributed by atoms with van der Waals surface area (Å²) in [6.45, 7) is 1.70. The average molecular weight is 341 g/mol. The van der Waals surface area contributed by atoms with Crippen LogP contribution in [0.2, 0.25) is 0 Å². The van der Waals surface area contributed by atoms with Gasteiger partial charge in [-0.15, -0.1) is 0 Å². The summed E-state index contributed by atoms with van der Waals surface area (Å²) in [6, 6.07) is 10.1. The Balaban J connectivity index is 1.82. The van der Waals surface area contributed by atoms with E-state index in [1.165, 1.54) is 10.7 Å². The molecule has 1 aromatic carbocycles. The van der Waals surface area contributed by atoms with Crippen molar-refractivity contribution in [2.75, 3.05) is 7.11 Å². The molecule has 25 heavy (non-hydrogen) atoms. The Morgan fingerprint density at radius 3 is 2.52 bits per heavy atom. The van der Waals surface area contributed by atoms with E-state index in [0.29, 0.717) is 5.69 Å². The molecule has 1 heterocycles. The lowest BCUT2D eigenvalue weighted by atomic mass is 10.1. The molecule has 132 valence electrons. The van der Waals surface area contributed by atoms with Crippen molar-refractivity contribution in [1.82, 2.24) is 15.1 Å². The molecule has 1 fully saturated rings. The highest BCUT2D eigenvalue weighted by Gasteiger charge is 2.23. The zero-order chi connectivity index (χ0) is 17.8. The lowest BCUT2D eigenvalue weighted by Gasteiger charge is -2.18. The average Bonchev–Trinajstić information content (AvgIpc) is 3.14. The minimum Gasteiger partial charge on any atom is -0.497 e. The van der Waals surface area contributed by atoms with E-state index in [9.17, 15) is 9.59 Å². The molecule has 0 saturated heterocycles. The molecule has 1 saturated carbocycles. The maximum atomic E-state index is 12.5. The van der Waals surface area contributed by atoms with Crippen molar-refractivity contribution in [3.05, 3.63) is 46.8 Å². The van der Waals surface area contributed by atoms with Crippen LogP contribution >= 0.6 is 0 Å². The smallest absolute Gasteiger partial charge is 0.267 e. The predicted molar refractivity (Wildman–Crippen MR) is 95.6 cm³/mol. The maximum absolute atomic E-state index is 12.5. The molecule has 2 aromatic rings. The second kappa shape index (κ2) is 7.51. The monoisotopic (exact) mass is 341 g/mol. The van der Waals surface area contributed by atoms with E-state index in [1.54, 1.807) is 20.1 Å². The standard InChI is InChI=1S/C19H23N3O3/c1-13(19(24)20-15-5-3-4-6-15)22-18(23)12-11-17(21-22)14-7-9-16(25-2)10-8-14/h7-13,15H,3-6H2,1-2H3,(H,20,24)/t13-/m1/s1. The van der Waals surface area contributed by atoms with Gasteiger partial charge in [-0.25, -0.2) is 4.68 Å². The van der Waals surface area contributed by atoms with Crippen molar-refractivity contribution in [3.63, 3.8) is 0 Å². The number of amides is 1. The van der Waals surface area contributed by atoms with Crippen LogP contribution in [0.25, 0.3) is 11.3 Å². The number of carbonyl (C=O) groups excluding carboxylic acids is 1. The van der Waals surface area contributed by atoms with Crippen LogP contribution in [0.5, 0.6) is 5.75 Å². The number of ether oxygens (including phenoxy) is 1. The second-order valence-corrected chi connectivity index (χ2v) is 6.40. The van der Waals surface area contributed by atoms with Gasteiger partial charge in [0.1, 0.15) is 11.8 Å². The summed E-state index contributed by atoms with van der Waals surface area (Å²) in [4.78, 5) is 24.6. The van der Waals surface area contributed by atoms with Crippen molar-refractivity contribution in [1.29, 1.82) is 0 Å². The van der Waals surface area contributed by atoms with Crippen LogP contribution < -0.4 is 15.6 Å². The summed E-state index contributed by atoms with van der Waals surface area (Å²) in [5, 5.41) is 7.42. The van der Waals surface area contributed by atoms with Crippen LogP contribution in [0.15, 0.2) is 41.2 Å². The summed E-state index contributed by atoms with van der Waals surface area (Å²) in [5.74, 6) is 0.592. The first-order valence-electron chi connectivity index (χ1n) is 8.63. The SMILES string of the molecule is COc1ccc(-c2ccc(=O)n([C@H](C)C(=O)NC3CCCC3)n2)cc1. The highest BCUT2D eigenvalue weighted by Crippen LogP contribution is 2.21. The van der Waals surface area contributed by atoms with Crippen LogP contribution in [-0.4, -0.2) is 28.8 Å².